The lowest BCUT2D eigenvalue weighted by atomic mass is 10.0. The first-order valence-corrected chi connectivity index (χ1v) is 14.3. The molecule has 2 aliphatic rings. The molecule has 1 fully saturated rings. The number of aromatic nitrogens is 2. The van der Waals surface area contributed by atoms with Gasteiger partial charge in [-0.1, -0.05) is 18.2 Å². The monoisotopic (exact) mass is 581 g/mol. The zero-order valence-corrected chi connectivity index (χ0v) is 24.6. The number of anilines is 3. The molecule has 0 bridgehead atoms. The molecule has 0 saturated carbocycles. The number of fused-ring (bicyclic) bond motifs is 1. The molecule has 6 rings (SSSR count). The van der Waals surface area contributed by atoms with Crippen LogP contribution in [0.2, 0.25) is 0 Å². The molecular weight excluding hydrogens is 546 g/mol. The summed E-state index contributed by atoms with van der Waals surface area (Å²) < 4.78 is 17.8. The molecule has 3 heterocycles. The topological polar surface area (TPSA) is 98.2 Å². The molecule has 222 valence electrons. The number of nitrogens with one attached hydrogen (secondary N) is 1. The van der Waals surface area contributed by atoms with Gasteiger partial charge >= 0.3 is 0 Å². The van der Waals surface area contributed by atoms with Crippen molar-refractivity contribution < 1.29 is 19.0 Å². The van der Waals surface area contributed by atoms with Gasteiger partial charge in [0.1, 0.15) is 0 Å². The normalized spacial score (nSPS) is 14.4. The van der Waals surface area contributed by atoms with E-state index < -0.39 is 0 Å². The molecule has 4 aromatic rings. The first-order chi connectivity index (χ1) is 20.9. The Morgan fingerprint density at radius 3 is 2.49 bits per heavy atom. The molecule has 1 N–H and O–H groups in total. The van der Waals surface area contributed by atoms with Crippen molar-refractivity contribution >= 4 is 23.1 Å². The Morgan fingerprint density at radius 1 is 0.977 bits per heavy atom. The highest BCUT2D eigenvalue weighted by Crippen LogP contribution is 2.37. The number of nitrogens with zero attached hydrogens (tertiary/aromatic N) is 4. The SMILES string of the molecule is COc1ccc(CN2CCc3c(-c4cn(C)c(=O)c(Nc5ccc(C(=O)N6CCOCC6)cc5)n4)cccc32)cc1OC. The van der Waals surface area contributed by atoms with E-state index in [1.54, 1.807) is 61.2 Å². The van der Waals surface area contributed by atoms with E-state index in [0.29, 0.717) is 54.7 Å². The molecule has 0 spiro atoms. The largest absolute Gasteiger partial charge is 0.493 e. The lowest BCUT2D eigenvalue weighted by molar-refractivity contribution is 0.0303. The van der Waals surface area contributed by atoms with Crippen LogP contribution in [0.25, 0.3) is 11.3 Å². The Labute approximate surface area is 250 Å². The van der Waals surface area contributed by atoms with Crippen molar-refractivity contribution in [3.8, 4) is 22.8 Å². The van der Waals surface area contributed by atoms with E-state index in [-0.39, 0.29) is 17.3 Å². The zero-order valence-electron chi connectivity index (χ0n) is 24.6. The highest BCUT2D eigenvalue weighted by Gasteiger charge is 2.24. The molecule has 10 heteroatoms. The van der Waals surface area contributed by atoms with Crippen molar-refractivity contribution in [1.82, 2.24) is 14.5 Å². The van der Waals surface area contributed by atoms with Crippen molar-refractivity contribution in [2.75, 3.05) is 57.3 Å². The highest BCUT2D eigenvalue weighted by molar-refractivity contribution is 5.94. The lowest BCUT2D eigenvalue weighted by Crippen LogP contribution is -2.40. The van der Waals surface area contributed by atoms with Crippen LogP contribution in [-0.2, 0) is 24.8 Å². The van der Waals surface area contributed by atoms with Crippen molar-refractivity contribution in [1.29, 1.82) is 0 Å². The summed E-state index contributed by atoms with van der Waals surface area (Å²) in [5, 5.41) is 3.18. The van der Waals surface area contributed by atoms with Crippen LogP contribution >= 0.6 is 0 Å². The fourth-order valence-corrected chi connectivity index (χ4v) is 5.70. The molecule has 1 aromatic heterocycles. The van der Waals surface area contributed by atoms with Crippen LogP contribution in [-0.4, -0.2) is 67.4 Å². The number of carbonyl (C=O) groups is 1. The molecule has 3 aromatic carbocycles. The van der Waals surface area contributed by atoms with Gasteiger partial charge in [0.15, 0.2) is 17.3 Å². The van der Waals surface area contributed by atoms with Gasteiger partial charge in [-0.2, -0.15) is 0 Å². The number of hydrogen-bond acceptors (Lipinski definition) is 8. The Balaban J connectivity index is 1.23. The average molecular weight is 582 g/mol. The number of carbonyl (C=O) groups excluding carboxylic acids is 1. The van der Waals surface area contributed by atoms with Crippen LogP contribution in [0, 0.1) is 0 Å². The molecule has 1 amide bonds. The van der Waals surface area contributed by atoms with Crippen LogP contribution in [0.15, 0.2) is 71.7 Å². The molecule has 10 nitrogen and oxygen atoms in total. The average Bonchev–Trinajstić information content (AvgIpc) is 3.46. The van der Waals surface area contributed by atoms with E-state index in [1.807, 2.05) is 18.2 Å². The van der Waals surface area contributed by atoms with Crippen molar-refractivity contribution in [3.63, 3.8) is 0 Å². The van der Waals surface area contributed by atoms with Crippen molar-refractivity contribution in [2.24, 2.45) is 7.05 Å². The van der Waals surface area contributed by atoms with Crippen LogP contribution in [0.3, 0.4) is 0 Å². The summed E-state index contributed by atoms with van der Waals surface area (Å²) in [6.45, 7) is 3.88. The highest BCUT2D eigenvalue weighted by atomic mass is 16.5. The summed E-state index contributed by atoms with van der Waals surface area (Å²) in [5.74, 6) is 1.62. The molecule has 0 unspecified atom stereocenters. The first-order valence-electron chi connectivity index (χ1n) is 14.3. The van der Waals surface area contributed by atoms with E-state index in [1.165, 1.54) is 5.56 Å². The Morgan fingerprint density at radius 2 is 1.74 bits per heavy atom. The minimum atomic E-state index is -0.236. The number of aryl methyl sites for hydroxylation is 1. The smallest absolute Gasteiger partial charge is 0.293 e. The molecule has 0 aliphatic carbocycles. The number of morpholine rings is 1. The third-order valence-corrected chi connectivity index (χ3v) is 7.99. The summed E-state index contributed by atoms with van der Waals surface area (Å²) in [5.41, 5.74) is 6.23. The van der Waals surface area contributed by atoms with Gasteiger partial charge in [-0.05, 0) is 60.0 Å². The third-order valence-electron chi connectivity index (χ3n) is 7.99. The van der Waals surface area contributed by atoms with E-state index in [2.05, 4.69) is 28.4 Å². The molecule has 2 aliphatic heterocycles. The van der Waals surface area contributed by atoms with E-state index in [9.17, 15) is 9.59 Å². The number of amides is 1. The maximum absolute atomic E-state index is 13.1. The number of rotatable bonds is 8. The minimum Gasteiger partial charge on any atom is -0.493 e. The summed E-state index contributed by atoms with van der Waals surface area (Å²) in [7, 11) is 5.01. The standard InChI is InChI=1S/C33H35N5O5/c1-36-21-27(35-31(33(36)40)34-24-10-8-23(9-11-24)32(39)37-15-17-43-18-16-37)25-5-4-6-28-26(25)13-14-38(28)20-22-7-12-29(41-2)30(19-22)42-3/h4-12,19,21H,13-18,20H2,1-3H3,(H,34,35). The van der Waals surface area contributed by atoms with Crippen molar-refractivity contribution in [2.45, 2.75) is 13.0 Å². The quantitative estimate of drug-likeness (QED) is 0.330. The second kappa shape index (κ2) is 12.2. The Kier molecular flexibility index (Phi) is 8.02. The van der Waals surface area contributed by atoms with Gasteiger partial charge < -0.3 is 33.9 Å². The Hall–Kier alpha value is -4.83. The van der Waals surface area contributed by atoms with Crippen LogP contribution in [0.1, 0.15) is 21.5 Å². The molecule has 43 heavy (non-hydrogen) atoms. The first kappa shape index (κ1) is 28.3. The summed E-state index contributed by atoms with van der Waals surface area (Å²) >= 11 is 0. The fourth-order valence-electron chi connectivity index (χ4n) is 5.70. The second-order valence-electron chi connectivity index (χ2n) is 10.7. The van der Waals surface area contributed by atoms with Gasteiger partial charge in [0, 0.05) is 61.9 Å². The lowest BCUT2D eigenvalue weighted by Gasteiger charge is -2.26. The predicted molar refractivity (Wildman–Crippen MR) is 166 cm³/mol. The maximum atomic E-state index is 13.1. The summed E-state index contributed by atoms with van der Waals surface area (Å²) in [6, 6.07) is 19.4. The molecular formula is C33H35N5O5. The van der Waals surface area contributed by atoms with E-state index in [4.69, 9.17) is 19.2 Å². The van der Waals surface area contributed by atoms with Gasteiger partial charge in [0.2, 0.25) is 0 Å². The van der Waals surface area contributed by atoms with Crippen LogP contribution in [0.5, 0.6) is 11.5 Å². The Bertz CT molecular complexity index is 1700. The zero-order chi connectivity index (χ0) is 29.9. The summed E-state index contributed by atoms with van der Waals surface area (Å²) in [4.78, 5) is 34.8. The van der Waals surface area contributed by atoms with Crippen molar-refractivity contribution in [3.05, 3.63) is 93.9 Å². The van der Waals surface area contributed by atoms with Gasteiger partial charge in [-0.3, -0.25) is 9.59 Å². The minimum absolute atomic E-state index is 0.0241. The third kappa shape index (κ3) is 5.78. The van der Waals surface area contributed by atoms with E-state index in [0.717, 1.165) is 36.3 Å². The second-order valence-corrected chi connectivity index (χ2v) is 10.7. The fraction of sp³-hybridized carbons (Fsp3) is 0.303. The van der Waals surface area contributed by atoms with Gasteiger partial charge in [-0.15, -0.1) is 0 Å². The van der Waals surface area contributed by atoms with Gasteiger partial charge in [0.25, 0.3) is 11.5 Å². The maximum Gasteiger partial charge on any atom is 0.293 e. The number of hydrogen-bond donors (Lipinski definition) is 1. The predicted octanol–water partition coefficient (Wildman–Crippen LogP) is 4.24. The summed E-state index contributed by atoms with van der Waals surface area (Å²) in [6.07, 6.45) is 2.65. The molecule has 0 radical (unpaired) electrons. The number of benzene rings is 3. The van der Waals surface area contributed by atoms with Gasteiger partial charge in [0.05, 0.1) is 33.1 Å². The molecule has 1 saturated heterocycles. The number of ether oxygens (including phenoxy) is 3. The van der Waals surface area contributed by atoms with Crippen LogP contribution in [0.4, 0.5) is 17.2 Å². The van der Waals surface area contributed by atoms with Crippen LogP contribution < -0.4 is 25.2 Å². The molecule has 0 atom stereocenters. The van der Waals surface area contributed by atoms with Gasteiger partial charge in [-0.25, -0.2) is 4.98 Å². The van der Waals surface area contributed by atoms with E-state index >= 15 is 0 Å². The number of methoxy groups -OCH3 is 2.